The molecule has 2 fully saturated rings. The van der Waals surface area contributed by atoms with E-state index in [1.807, 2.05) is 0 Å². The average Bonchev–Trinajstić information content (AvgIpc) is 3.51. The lowest BCUT2D eigenvalue weighted by molar-refractivity contribution is -0.133. The lowest BCUT2D eigenvalue weighted by Crippen LogP contribution is -2.56. The highest BCUT2D eigenvalue weighted by molar-refractivity contribution is 7.14. The van der Waals surface area contributed by atoms with Crippen LogP contribution in [-0.4, -0.2) is 40.7 Å². The number of rotatable bonds is 7. The smallest absolute Gasteiger partial charge is 0.252 e. The fourth-order valence-electron chi connectivity index (χ4n) is 5.05. The minimum atomic E-state index is -2.85. The molecule has 3 aromatic rings. The van der Waals surface area contributed by atoms with E-state index in [0.29, 0.717) is 16.1 Å². The van der Waals surface area contributed by atoms with Crippen molar-refractivity contribution >= 4 is 39.7 Å². The van der Waals surface area contributed by atoms with Gasteiger partial charge in [-0.25, -0.2) is 13.2 Å². The third-order valence-electron chi connectivity index (χ3n) is 6.90. The van der Waals surface area contributed by atoms with Crippen molar-refractivity contribution in [3.05, 3.63) is 77.2 Å². The number of carbonyl (C=O) groups is 3. The van der Waals surface area contributed by atoms with Crippen molar-refractivity contribution in [3.63, 3.8) is 0 Å². The Balaban J connectivity index is 1.59. The van der Waals surface area contributed by atoms with Crippen LogP contribution in [0.15, 0.2) is 60.2 Å². The van der Waals surface area contributed by atoms with Crippen LogP contribution < -0.4 is 15.1 Å². The topological polar surface area (TPSA) is 82.6 Å². The van der Waals surface area contributed by atoms with Crippen molar-refractivity contribution < 1.29 is 27.6 Å². The Hall–Kier alpha value is -3.73. The van der Waals surface area contributed by atoms with Crippen molar-refractivity contribution in [2.75, 3.05) is 9.80 Å². The molecule has 5 rings (SSSR count). The molecule has 1 saturated carbocycles. The number of benzene rings is 2. The SMILES string of the molecule is Cc1ccccc1C(C(=O)NC1CC(F)(F)C1)N(C(=O)C1CCC(=O)N1c1cncs1)c1cccc(F)c1. The number of hydrogen-bond acceptors (Lipinski definition) is 5. The normalized spacial score (nSPS) is 19.6. The molecule has 0 radical (unpaired) electrons. The van der Waals surface area contributed by atoms with Crippen molar-refractivity contribution in [3.8, 4) is 0 Å². The summed E-state index contributed by atoms with van der Waals surface area (Å²) in [6.07, 6.45) is 0.803. The van der Waals surface area contributed by atoms with E-state index in [4.69, 9.17) is 0 Å². The first-order valence-corrected chi connectivity index (χ1v) is 13.1. The summed E-state index contributed by atoms with van der Waals surface area (Å²) in [7, 11) is 0. The molecule has 1 aromatic heterocycles. The highest BCUT2D eigenvalue weighted by Crippen LogP contribution is 2.39. The highest BCUT2D eigenvalue weighted by atomic mass is 32.1. The minimum absolute atomic E-state index is 0.112. The zero-order valence-corrected chi connectivity index (χ0v) is 21.3. The number of aryl methyl sites for hydroxylation is 1. The number of aromatic nitrogens is 1. The Labute approximate surface area is 221 Å². The van der Waals surface area contributed by atoms with Crippen LogP contribution in [0.25, 0.3) is 0 Å². The lowest BCUT2D eigenvalue weighted by atomic mass is 9.87. The second-order valence-electron chi connectivity index (χ2n) is 9.57. The standard InChI is InChI=1S/C27H25F3N4O3S/c1-16-5-2-3-8-20(16)24(25(36)32-18-12-27(29,30)13-18)33(19-7-4-6-17(28)11-19)26(37)21-9-10-22(35)34(21)23-14-31-15-38-23/h2-8,11,14-15,18,21,24H,9-10,12-13H2,1H3,(H,32,36). The molecule has 0 bridgehead atoms. The van der Waals surface area contributed by atoms with Crippen molar-refractivity contribution in [1.82, 2.24) is 10.3 Å². The summed E-state index contributed by atoms with van der Waals surface area (Å²) >= 11 is 1.20. The Morgan fingerprint density at radius 2 is 1.95 bits per heavy atom. The molecule has 2 atom stereocenters. The van der Waals surface area contributed by atoms with E-state index < -0.39 is 54.5 Å². The van der Waals surface area contributed by atoms with E-state index in [1.54, 1.807) is 36.7 Å². The molecule has 3 amide bonds. The van der Waals surface area contributed by atoms with Crippen LogP contribution in [-0.2, 0) is 14.4 Å². The number of hydrogen-bond donors (Lipinski definition) is 1. The van der Waals surface area contributed by atoms with Gasteiger partial charge in [-0.2, -0.15) is 0 Å². The predicted octanol–water partition coefficient (Wildman–Crippen LogP) is 4.77. The van der Waals surface area contributed by atoms with Gasteiger partial charge in [-0.15, -0.1) is 11.3 Å². The van der Waals surface area contributed by atoms with Gasteiger partial charge in [0.15, 0.2) is 0 Å². The minimum Gasteiger partial charge on any atom is -0.351 e. The van der Waals surface area contributed by atoms with E-state index >= 15 is 0 Å². The van der Waals surface area contributed by atoms with Gasteiger partial charge in [-0.1, -0.05) is 30.3 Å². The maximum Gasteiger partial charge on any atom is 0.252 e. The first-order valence-electron chi connectivity index (χ1n) is 12.2. The molecule has 38 heavy (non-hydrogen) atoms. The second kappa shape index (κ2) is 10.2. The molecule has 2 aliphatic rings. The molecule has 11 heteroatoms. The lowest BCUT2D eigenvalue weighted by Gasteiger charge is -2.39. The molecule has 2 unspecified atom stereocenters. The van der Waals surface area contributed by atoms with Crippen LogP contribution >= 0.6 is 11.3 Å². The number of amides is 3. The summed E-state index contributed by atoms with van der Waals surface area (Å²) in [6, 6.07) is 9.20. The van der Waals surface area contributed by atoms with Crippen LogP contribution in [0.1, 0.15) is 42.9 Å². The van der Waals surface area contributed by atoms with Crippen LogP contribution in [0.5, 0.6) is 0 Å². The monoisotopic (exact) mass is 542 g/mol. The van der Waals surface area contributed by atoms with Crippen LogP contribution in [0.2, 0.25) is 0 Å². The summed E-state index contributed by atoms with van der Waals surface area (Å²) in [5.41, 5.74) is 2.80. The van der Waals surface area contributed by atoms with E-state index in [2.05, 4.69) is 10.3 Å². The van der Waals surface area contributed by atoms with Gasteiger partial charge in [0.25, 0.3) is 11.8 Å². The number of thiazole rings is 1. The summed E-state index contributed by atoms with van der Waals surface area (Å²) < 4.78 is 41.5. The summed E-state index contributed by atoms with van der Waals surface area (Å²) in [5.74, 6) is -4.98. The van der Waals surface area contributed by atoms with Gasteiger partial charge in [0, 0.05) is 31.0 Å². The van der Waals surface area contributed by atoms with Crippen LogP contribution in [0, 0.1) is 12.7 Å². The number of halogens is 3. The predicted molar refractivity (Wildman–Crippen MR) is 137 cm³/mol. The van der Waals surface area contributed by atoms with Gasteiger partial charge in [0.05, 0.1) is 11.7 Å². The summed E-state index contributed by atoms with van der Waals surface area (Å²) in [5, 5.41) is 3.15. The Bertz CT molecular complexity index is 1360. The summed E-state index contributed by atoms with van der Waals surface area (Å²) in [4.78, 5) is 47.5. The number of anilines is 2. The number of nitrogens with one attached hydrogen (secondary N) is 1. The van der Waals surface area contributed by atoms with E-state index in [0.717, 1.165) is 6.07 Å². The van der Waals surface area contributed by atoms with Gasteiger partial charge in [0.1, 0.15) is 22.9 Å². The van der Waals surface area contributed by atoms with Gasteiger partial charge in [-0.05, 0) is 42.7 Å². The molecule has 1 N–H and O–H groups in total. The quantitative estimate of drug-likeness (QED) is 0.466. The van der Waals surface area contributed by atoms with Crippen molar-refractivity contribution in [2.45, 2.75) is 56.7 Å². The first kappa shape index (κ1) is 25.9. The zero-order valence-electron chi connectivity index (χ0n) is 20.4. The molecule has 7 nitrogen and oxygen atoms in total. The molecule has 1 saturated heterocycles. The second-order valence-corrected chi connectivity index (χ2v) is 10.4. The summed E-state index contributed by atoms with van der Waals surface area (Å²) in [6.45, 7) is 1.77. The van der Waals surface area contributed by atoms with Gasteiger partial charge in [0.2, 0.25) is 11.8 Å². The maximum atomic E-state index is 14.4. The average molecular weight is 543 g/mol. The zero-order chi connectivity index (χ0) is 27.0. The highest BCUT2D eigenvalue weighted by Gasteiger charge is 2.48. The number of nitrogens with zero attached hydrogens (tertiary/aromatic N) is 3. The Kier molecular flexibility index (Phi) is 6.95. The molecular formula is C27H25F3N4O3S. The maximum absolute atomic E-state index is 14.4. The van der Waals surface area contributed by atoms with Gasteiger partial charge in [-0.3, -0.25) is 29.2 Å². The van der Waals surface area contributed by atoms with Crippen LogP contribution in [0.4, 0.5) is 23.9 Å². The largest absolute Gasteiger partial charge is 0.351 e. The molecule has 1 aliphatic heterocycles. The molecule has 198 valence electrons. The van der Waals surface area contributed by atoms with Gasteiger partial charge < -0.3 is 5.32 Å². The van der Waals surface area contributed by atoms with E-state index in [1.165, 1.54) is 45.5 Å². The molecule has 2 heterocycles. The van der Waals surface area contributed by atoms with E-state index in [-0.39, 0.29) is 24.4 Å². The molecule has 1 aliphatic carbocycles. The Morgan fingerprint density at radius 1 is 1.18 bits per heavy atom. The number of alkyl halides is 2. The van der Waals surface area contributed by atoms with Crippen molar-refractivity contribution in [1.29, 1.82) is 0 Å². The molecule has 2 aromatic carbocycles. The fraction of sp³-hybridized carbons (Fsp3) is 0.333. The third-order valence-corrected chi connectivity index (χ3v) is 7.67. The first-order chi connectivity index (χ1) is 18.1. The Morgan fingerprint density at radius 3 is 2.61 bits per heavy atom. The van der Waals surface area contributed by atoms with E-state index in [9.17, 15) is 27.6 Å². The molecule has 0 spiro atoms. The van der Waals surface area contributed by atoms with Crippen LogP contribution in [0.3, 0.4) is 0 Å². The van der Waals surface area contributed by atoms with Gasteiger partial charge >= 0.3 is 0 Å². The van der Waals surface area contributed by atoms with Crippen molar-refractivity contribution in [2.24, 2.45) is 0 Å². The third kappa shape index (κ3) is 5.02. The molecular weight excluding hydrogens is 517 g/mol. The number of carbonyl (C=O) groups excluding carboxylic acids is 3. The fourth-order valence-corrected chi connectivity index (χ4v) is 5.74.